The Morgan fingerprint density at radius 3 is 3.31 bits per heavy atom. The van der Waals surface area contributed by atoms with Crippen LogP contribution in [0.25, 0.3) is 0 Å². The van der Waals surface area contributed by atoms with Gasteiger partial charge in [0.2, 0.25) is 0 Å². The van der Waals surface area contributed by atoms with E-state index in [4.69, 9.17) is 10.5 Å². The third-order valence-corrected chi connectivity index (χ3v) is 2.47. The minimum atomic E-state index is 0.563. The van der Waals surface area contributed by atoms with Crippen molar-refractivity contribution < 1.29 is 4.74 Å². The number of nitrogens with zero attached hydrogens (tertiary/aromatic N) is 2. The van der Waals surface area contributed by atoms with Gasteiger partial charge in [-0.3, -0.25) is 4.68 Å². The van der Waals surface area contributed by atoms with Gasteiger partial charge in [0.05, 0.1) is 12.3 Å². The zero-order valence-corrected chi connectivity index (χ0v) is 7.65. The number of ether oxygens (including phenoxy) is 1. The fourth-order valence-corrected chi connectivity index (χ4v) is 1.67. The molecule has 1 unspecified atom stereocenters. The van der Waals surface area contributed by atoms with Crippen LogP contribution < -0.4 is 5.73 Å². The Hall–Kier alpha value is -0.870. The van der Waals surface area contributed by atoms with Crippen LogP contribution in [-0.2, 0) is 17.8 Å². The summed E-state index contributed by atoms with van der Waals surface area (Å²) >= 11 is 0. The normalized spacial score (nSPS) is 22.4. The fraction of sp³-hybridized carbons (Fsp3) is 0.667. The first-order valence-electron chi connectivity index (χ1n) is 4.68. The molecule has 1 fully saturated rings. The van der Waals surface area contributed by atoms with Gasteiger partial charge in [-0.1, -0.05) is 0 Å². The van der Waals surface area contributed by atoms with Crippen molar-refractivity contribution in [2.45, 2.75) is 19.5 Å². The minimum absolute atomic E-state index is 0.563. The molecule has 0 bridgehead atoms. The SMILES string of the molecule is NCc1ccnn1CC1CCOC1. The lowest BCUT2D eigenvalue weighted by molar-refractivity contribution is 0.181. The molecule has 1 aliphatic heterocycles. The van der Waals surface area contributed by atoms with Crippen molar-refractivity contribution in [2.75, 3.05) is 13.2 Å². The van der Waals surface area contributed by atoms with Gasteiger partial charge in [-0.05, 0) is 12.5 Å². The summed E-state index contributed by atoms with van der Waals surface area (Å²) < 4.78 is 7.29. The molecule has 0 radical (unpaired) electrons. The van der Waals surface area contributed by atoms with Crippen molar-refractivity contribution in [3.05, 3.63) is 18.0 Å². The average molecular weight is 181 g/mol. The van der Waals surface area contributed by atoms with Crippen LogP contribution >= 0.6 is 0 Å². The molecule has 1 saturated heterocycles. The molecule has 2 N–H and O–H groups in total. The smallest absolute Gasteiger partial charge is 0.0520 e. The molecular weight excluding hydrogens is 166 g/mol. The van der Waals surface area contributed by atoms with Gasteiger partial charge in [-0.2, -0.15) is 5.10 Å². The van der Waals surface area contributed by atoms with E-state index < -0.39 is 0 Å². The van der Waals surface area contributed by atoms with Gasteiger partial charge in [0.1, 0.15) is 0 Å². The van der Waals surface area contributed by atoms with E-state index in [1.165, 1.54) is 0 Å². The van der Waals surface area contributed by atoms with Crippen molar-refractivity contribution in [1.29, 1.82) is 0 Å². The average Bonchev–Trinajstić information content (AvgIpc) is 2.76. The summed E-state index contributed by atoms with van der Waals surface area (Å²) in [5.41, 5.74) is 6.68. The van der Waals surface area contributed by atoms with Crippen LogP contribution in [0, 0.1) is 5.92 Å². The summed E-state index contributed by atoms with van der Waals surface area (Å²) in [6, 6.07) is 1.97. The lowest BCUT2D eigenvalue weighted by Gasteiger charge is -2.09. The molecule has 1 aliphatic rings. The van der Waals surface area contributed by atoms with Crippen molar-refractivity contribution in [3.63, 3.8) is 0 Å². The van der Waals surface area contributed by atoms with Gasteiger partial charge in [0, 0.05) is 31.8 Å². The van der Waals surface area contributed by atoms with E-state index in [0.717, 1.165) is 31.9 Å². The second-order valence-corrected chi connectivity index (χ2v) is 3.44. The lowest BCUT2D eigenvalue weighted by atomic mass is 10.1. The summed E-state index contributed by atoms with van der Waals surface area (Å²) in [7, 11) is 0. The van der Waals surface area contributed by atoms with Gasteiger partial charge in [-0.25, -0.2) is 0 Å². The lowest BCUT2D eigenvalue weighted by Crippen LogP contribution is -2.15. The topological polar surface area (TPSA) is 53.1 Å². The highest BCUT2D eigenvalue weighted by atomic mass is 16.5. The highest BCUT2D eigenvalue weighted by Gasteiger charge is 2.17. The van der Waals surface area contributed by atoms with Crippen LogP contribution in [0.1, 0.15) is 12.1 Å². The van der Waals surface area contributed by atoms with Crippen LogP contribution in [0.15, 0.2) is 12.3 Å². The largest absolute Gasteiger partial charge is 0.381 e. The Morgan fingerprint density at radius 2 is 2.62 bits per heavy atom. The van der Waals surface area contributed by atoms with Crippen LogP contribution in [0.3, 0.4) is 0 Å². The number of hydrogen-bond acceptors (Lipinski definition) is 3. The molecular formula is C9H15N3O. The van der Waals surface area contributed by atoms with Crippen LogP contribution in [0.2, 0.25) is 0 Å². The van der Waals surface area contributed by atoms with E-state index in [9.17, 15) is 0 Å². The summed E-state index contributed by atoms with van der Waals surface area (Å²) in [5, 5.41) is 4.23. The molecule has 0 saturated carbocycles. The molecule has 0 aromatic carbocycles. The molecule has 4 nitrogen and oxygen atoms in total. The van der Waals surface area contributed by atoms with Crippen molar-refractivity contribution in [1.82, 2.24) is 9.78 Å². The first-order chi connectivity index (χ1) is 6.40. The van der Waals surface area contributed by atoms with Crippen LogP contribution in [0.5, 0.6) is 0 Å². The van der Waals surface area contributed by atoms with Crippen LogP contribution in [0.4, 0.5) is 0 Å². The first-order valence-corrected chi connectivity index (χ1v) is 4.68. The van der Waals surface area contributed by atoms with E-state index in [2.05, 4.69) is 5.10 Å². The summed E-state index contributed by atoms with van der Waals surface area (Å²) in [4.78, 5) is 0. The summed E-state index contributed by atoms with van der Waals surface area (Å²) in [6.07, 6.45) is 2.95. The molecule has 2 heterocycles. The zero-order chi connectivity index (χ0) is 9.10. The predicted molar refractivity (Wildman–Crippen MR) is 49.0 cm³/mol. The van der Waals surface area contributed by atoms with Gasteiger partial charge in [-0.15, -0.1) is 0 Å². The molecule has 13 heavy (non-hydrogen) atoms. The van der Waals surface area contributed by atoms with E-state index in [-0.39, 0.29) is 0 Å². The van der Waals surface area contributed by atoms with Gasteiger partial charge >= 0.3 is 0 Å². The summed E-state index contributed by atoms with van der Waals surface area (Å²) in [6.45, 7) is 3.26. The molecule has 0 spiro atoms. The third-order valence-electron chi connectivity index (χ3n) is 2.47. The van der Waals surface area contributed by atoms with E-state index in [1.54, 1.807) is 6.20 Å². The predicted octanol–water partition coefficient (Wildman–Crippen LogP) is 0.378. The van der Waals surface area contributed by atoms with E-state index >= 15 is 0 Å². The Balaban J connectivity index is 1.99. The maximum atomic E-state index is 5.58. The van der Waals surface area contributed by atoms with E-state index in [1.807, 2.05) is 10.7 Å². The molecule has 72 valence electrons. The molecule has 0 amide bonds. The number of hydrogen-bond donors (Lipinski definition) is 1. The zero-order valence-electron chi connectivity index (χ0n) is 7.65. The second-order valence-electron chi connectivity index (χ2n) is 3.44. The van der Waals surface area contributed by atoms with Crippen molar-refractivity contribution in [3.8, 4) is 0 Å². The highest BCUT2D eigenvalue weighted by Crippen LogP contribution is 2.15. The first kappa shape index (κ1) is 8.72. The molecule has 2 rings (SSSR count). The number of aromatic nitrogens is 2. The second kappa shape index (κ2) is 3.89. The third kappa shape index (κ3) is 1.89. The minimum Gasteiger partial charge on any atom is -0.381 e. The van der Waals surface area contributed by atoms with Gasteiger partial charge in [0.25, 0.3) is 0 Å². The van der Waals surface area contributed by atoms with Crippen molar-refractivity contribution in [2.24, 2.45) is 11.7 Å². The fourth-order valence-electron chi connectivity index (χ4n) is 1.67. The van der Waals surface area contributed by atoms with Crippen LogP contribution in [-0.4, -0.2) is 23.0 Å². The maximum absolute atomic E-state index is 5.58. The summed E-state index contributed by atoms with van der Waals surface area (Å²) in [5.74, 6) is 0.616. The van der Waals surface area contributed by atoms with Gasteiger partial charge < -0.3 is 10.5 Å². The van der Waals surface area contributed by atoms with Crippen molar-refractivity contribution >= 4 is 0 Å². The Bertz CT molecular complexity index is 266. The maximum Gasteiger partial charge on any atom is 0.0520 e. The van der Waals surface area contributed by atoms with E-state index in [0.29, 0.717) is 12.5 Å². The standard InChI is InChI=1S/C9H15N3O/c10-5-9-1-3-11-12(9)6-8-2-4-13-7-8/h1,3,8H,2,4-7,10H2. The molecule has 0 aliphatic carbocycles. The Labute approximate surface area is 77.7 Å². The highest BCUT2D eigenvalue weighted by molar-refractivity contribution is 4.99. The Morgan fingerprint density at radius 1 is 1.69 bits per heavy atom. The molecule has 1 aromatic heterocycles. The molecule has 1 aromatic rings. The number of nitrogens with two attached hydrogens (primary N) is 1. The molecule has 1 atom stereocenters. The molecule has 4 heteroatoms. The number of rotatable bonds is 3. The Kier molecular flexibility index (Phi) is 2.61. The monoisotopic (exact) mass is 181 g/mol. The quantitative estimate of drug-likeness (QED) is 0.733. The van der Waals surface area contributed by atoms with Gasteiger partial charge in [0.15, 0.2) is 0 Å².